The smallest absolute Gasteiger partial charge is 0.225 e. The van der Waals surface area contributed by atoms with Crippen molar-refractivity contribution in [1.29, 1.82) is 0 Å². The van der Waals surface area contributed by atoms with E-state index in [0.29, 0.717) is 5.56 Å². The fourth-order valence-electron chi connectivity index (χ4n) is 1.16. The topological polar surface area (TPSA) is 60.2 Å². The maximum Gasteiger partial charge on any atom is 0.238 e. The summed E-state index contributed by atoms with van der Waals surface area (Å²) in [5.41, 5.74) is 0.613. The summed E-state index contributed by atoms with van der Waals surface area (Å²) in [6, 6.07) is 6.63. The van der Waals surface area contributed by atoms with Gasteiger partial charge in [-0.1, -0.05) is 30.4 Å². The predicted molar refractivity (Wildman–Crippen MR) is 65.3 cm³/mol. The number of hydrogen-bond acceptors (Lipinski definition) is 3. The van der Waals surface area contributed by atoms with E-state index < -0.39 is 10.0 Å². The number of primary sulfonamides is 1. The molecule has 0 aliphatic carbocycles. The van der Waals surface area contributed by atoms with E-state index in [0.717, 1.165) is 12.2 Å². The van der Waals surface area contributed by atoms with Gasteiger partial charge >= 0.3 is 0 Å². The van der Waals surface area contributed by atoms with Crippen molar-refractivity contribution in [3.8, 4) is 0 Å². The Morgan fingerprint density at radius 1 is 1.33 bits per heavy atom. The van der Waals surface area contributed by atoms with Crippen LogP contribution in [0.3, 0.4) is 0 Å². The van der Waals surface area contributed by atoms with E-state index in [1.165, 1.54) is 6.07 Å². The molecule has 0 spiro atoms. The van der Waals surface area contributed by atoms with Crippen molar-refractivity contribution < 1.29 is 8.42 Å². The molecular formula is C10H13NO2S2. The minimum Gasteiger partial charge on any atom is -0.225 e. The Labute approximate surface area is 95.5 Å². The molecule has 15 heavy (non-hydrogen) atoms. The molecule has 0 saturated carbocycles. The van der Waals surface area contributed by atoms with Crippen LogP contribution in [0.4, 0.5) is 0 Å². The molecule has 0 aliphatic rings. The highest BCUT2D eigenvalue weighted by Crippen LogP contribution is 2.15. The van der Waals surface area contributed by atoms with Crippen molar-refractivity contribution in [2.75, 3.05) is 5.75 Å². The zero-order valence-corrected chi connectivity index (χ0v) is 9.84. The number of rotatable bonds is 4. The van der Waals surface area contributed by atoms with Crippen LogP contribution in [0.5, 0.6) is 0 Å². The van der Waals surface area contributed by atoms with Crippen LogP contribution in [-0.4, -0.2) is 14.2 Å². The molecule has 0 bridgehead atoms. The summed E-state index contributed by atoms with van der Waals surface area (Å²) < 4.78 is 22.4. The van der Waals surface area contributed by atoms with Crippen LogP contribution >= 0.6 is 12.6 Å². The van der Waals surface area contributed by atoms with Gasteiger partial charge in [0, 0.05) is 0 Å². The van der Waals surface area contributed by atoms with Crippen molar-refractivity contribution >= 4 is 28.7 Å². The summed E-state index contributed by atoms with van der Waals surface area (Å²) in [5, 5.41) is 5.09. The van der Waals surface area contributed by atoms with Gasteiger partial charge in [-0.15, -0.1) is 0 Å². The van der Waals surface area contributed by atoms with Crippen molar-refractivity contribution in [1.82, 2.24) is 0 Å². The molecule has 3 nitrogen and oxygen atoms in total. The Hall–Kier alpha value is -0.780. The van der Waals surface area contributed by atoms with Crippen molar-refractivity contribution in [3.05, 3.63) is 35.9 Å². The third-order valence-corrected chi connectivity index (χ3v) is 3.06. The van der Waals surface area contributed by atoms with Gasteiger partial charge in [0.25, 0.3) is 0 Å². The van der Waals surface area contributed by atoms with Gasteiger partial charge in [0.05, 0.1) is 4.90 Å². The van der Waals surface area contributed by atoms with E-state index in [2.05, 4.69) is 12.6 Å². The molecule has 0 aromatic heterocycles. The number of hydrogen-bond donors (Lipinski definition) is 2. The van der Waals surface area contributed by atoms with Gasteiger partial charge in [-0.2, -0.15) is 12.6 Å². The highest BCUT2D eigenvalue weighted by atomic mass is 32.2. The predicted octanol–water partition coefficient (Wildman–Crippen LogP) is 1.67. The van der Waals surface area contributed by atoms with Crippen molar-refractivity contribution in [2.45, 2.75) is 11.3 Å². The van der Waals surface area contributed by atoms with Crippen LogP contribution in [-0.2, 0) is 10.0 Å². The van der Waals surface area contributed by atoms with Gasteiger partial charge in [-0.25, -0.2) is 13.6 Å². The van der Waals surface area contributed by atoms with E-state index in [4.69, 9.17) is 5.14 Å². The molecule has 0 amide bonds. The van der Waals surface area contributed by atoms with E-state index in [9.17, 15) is 8.42 Å². The molecule has 0 atom stereocenters. The lowest BCUT2D eigenvalue weighted by Gasteiger charge is -2.02. The monoisotopic (exact) mass is 243 g/mol. The normalized spacial score (nSPS) is 12.1. The summed E-state index contributed by atoms with van der Waals surface area (Å²) >= 11 is 4.06. The maximum absolute atomic E-state index is 11.2. The third-order valence-electron chi connectivity index (χ3n) is 1.82. The molecule has 0 heterocycles. The number of benzene rings is 1. The van der Waals surface area contributed by atoms with Gasteiger partial charge < -0.3 is 0 Å². The SMILES string of the molecule is NS(=O)(=O)c1ccccc1C=CCCS. The van der Waals surface area contributed by atoms with Crippen molar-refractivity contribution in [3.63, 3.8) is 0 Å². The fraction of sp³-hybridized carbons (Fsp3) is 0.200. The molecule has 5 heteroatoms. The first kappa shape index (κ1) is 12.3. The summed E-state index contributed by atoms with van der Waals surface area (Å²) in [6.07, 6.45) is 4.41. The van der Waals surface area contributed by atoms with Crippen LogP contribution in [0.15, 0.2) is 35.2 Å². The molecule has 1 aromatic carbocycles. The average molecular weight is 243 g/mol. The largest absolute Gasteiger partial charge is 0.238 e. The lowest BCUT2D eigenvalue weighted by molar-refractivity contribution is 0.597. The molecule has 1 aromatic rings. The Morgan fingerprint density at radius 2 is 2.00 bits per heavy atom. The molecule has 2 N–H and O–H groups in total. The van der Waals surface area contributed by atoms with Gasteiger partial charge in [0.1, 0.15) is 0 Å². The number of nitrogens with two attached hydrogens (primary N) is 1. The first-order valence-corrected chi connectivity index (χ1v) is 6.63. The summed E-state index contributed by atoms with van der Waals surface area (Å²) in [7, 11) is -3.64. The highest BCUT2D eigenvalue weighted by Gasteiger charge is 2.10. The molecule has 82 valence electrons. The van der Waals surface area contributed by atoms with Gasteiger partial charge in [0.15, 0.2) is 0 Å². The molecule has 0 saturated heterocycles. The average Bonchev–Trinajstić information content (AvgIpc) is 2.17. The second-order valence-electron chi connectivity index (χ2n) is 3.00. The molecular weight excluding hydrogens is 230 g/mol. The number of thiol groups is 1. The second-order valence-corrected chi connectivity index (χ2v) is 4.97. The van der Waals surface area contributed by atoms with E-state index >= 15 is 0 Å². The van der Waals surface area contributed by atoms with E-state index in [-0.39, 0.29) is 4.90 Å². The van der Waals surface area contributed by atoms with Crippen LogP contribution in [0.25, 0.3) is 6.08 Å². The van der Waals surface area contributed by atoms with Crippen LogP contribution < -0.4 is 5.14 Å². The standard InChI is InChI=1S/C10H13NO2S2/c11-15(12,13)10-7-2-1-5-9(10)6-3-4-8-14/h1-3,5-7,14H,4,8H2,(H2,11,12,13). The van der Waals surface area contributed by atoms with Crippen LogP contribution in [0.2, 0.25) is 0 Å². The van der Waals surface area contributed by atoms with Gasteiger partial charge in [0.2, 0.25) is 10.0 Å². The molecule has 0 aliphatic heterocycles. The highest BCUT2D eigenvalue weighted by molar-refractivity contribution is 7.89. The first-order valence-electron chi connectivity index (χ1n) is 4.45. The third kappa shape index (κ3) is 3.70. The molecule has 1 rings (SSSR count). The lowest BCUT2D eigenvalue weighted by Crippen LogP contribution is -2.13. The van der Waals surface area contributed by atoms with Gasteiger partial charge in [-0.05, 0) is 23.8 Å². The van der Waals surface area contributed by atoms with Gasteiger partial charge in [-0.3, -0.25) is 0 Å². The summed E-state index contributed by atoms with van der Waals surface area (Å²) in [6.45, 7) is 0. The van der Waals surface area contributed by atoms with Crippen LogP contribution in [0, 0.1) is 0 Å². The van der Waals surface area contributed by atoms with E-state index in [1.807, 2.05) is 6.08 Å². The number of sulfonamides is 1. The summed E-state index contributed by atoms with van der Waals surface area (Å²) in [5.74, 6) is 0.730. The van der Waals surface area contributed by atoms with E-state index in [1.54, 1.807) is 24.3 Å². The van der Waals surface area contributed by atoms with Crippen LogP contribution in [0.1, 0.15) is 12.0 Å². The molecule has 0 unspecified atom stereocenters. The van der Waals surface area contributed by atoms with Crippen molar-refractivity contribution in [2.24, 2.45) is 5.14 Å². The maximum atomic E-state index is 11.2. The first-order chi connectivity index (χ1) is 7.05. The number of allylic oxidation sites excluding steroid dienone is 1. The Balaban J connectivity index is 3.08. The zero-order valence-electron chi connectivity index (χ0n) is 8.13. The minimum absolute atomic E-state index is 0.153. The second kappa shape index (κ2) is 5.34. The minimum atomic E-state index is -3.64. The Morgan fingerprint density at radius 3 is 2.60 bits per heavy atom. The molecule has 0 radical (unpaired) electrons. The quantitative estimate of drug-likeness (QED) is 0.790. The Bertz CT molecular complexity index is 452. The summed E-state index contributed by atoms with van der Waals surface area (Å²) in [4.78, 5) is 0.153. The lowest BCUT2D eigenvalue weighted by atomic mass is 10.2. The zero-order chi connectivity index (χ0) is 11.3. The fourth-order valence-corrected chi connectivity index (χ4v) is 2.04. The Kier molecular flexibility index (Phi) is 4.38. The molecule has 0 fully saturated rings.